The average molecular weight is 372 g/mol. The molecule has 146 valence electrons. The molecule has 27 heavy (non-hydrogen) atoms. The van der Waals surface area contributed by atoms with Gasteiger partial charge in [0.15, 0.2) is 11.8 Å². The molecule has 1 saturated heterocycles. The quantitative estimate of drug-likeness (QED) is 0.735. The number of hydrogen-bond donors (Lipinski definition) is 3. The molecule has 0 aromatic carbocycles. The Morgan fingerprint density at radius 1 is 0.926 bits per heavy atom. The Hall–Kier alpha value is -2.25. The summed E-state index contributed by atoms with van der Waals surface area (Å²) in [6.07, 6.45) is 4.83. The van der Waals surface area contributed by atoms with E-state index in [2.05, 4.69) is 14.8 Å². The van der Waals surface area contributed by atoms with Gasteiger partial charge in [-0.25, -0.2) is 4.98 Å². The molecule has 4 rings (SSSR count). The van der Waals surface area contributed by atoms with Crippen LogP contribution >= 0.6 is 0 Å². The maximum absolute atomic E-state index is 10.5. The van der Waals surface area contributed by atoms with E-state index in [0.717, 1.165) is 68.8 Å². The Kier molecular flexibility index (Phi) is 5.22. The summed E-state index contributed by atoms with van der Waals surface area (Å²) in [7, 11) is 0. The molecule has 0 radical (unpaired) electrons. The Labute approximate surface area is 159 Å². The predicted octanol–water partition coefficient (Wildman–Crippen LogP) is 1.36. The van der Waals surface area contributed by atoms with Gasteiger partial charge in [-0.15, -0.1) is 0 Å². The number of anilines is 1. The van der Waals surface area contributed by atoms with Crippen LogP contribution in [0.2, 0.25) is 0 Å². The summed E-state index contributed by atoms with van der Waals surface area (Å²) < 4.78 is 1.48. The molecular weight excluding hydrogens is 344 g/mol. The second-order valence-corrected chi connectivity index (χ2v) is 7.55. The van der Waals surface area contributed by atoms with E-state index in [-0.39, 0.29) is 18.3 Å². The van der Waals surface area contributed by atoms with Crippen molar-refractivity contribution in [3.05, 3.63) is 35.5 Å². The van der Waals surface area contributed by atoms with E-state index in [4.69, 9.17) is 0 Å². The number of β-amino-alcohol motifs (C(OH)–C–C–N with tert-alkyl or cyclic N) is 1. The van der Waals surface area contributed by atoms with Crippen LogP contribution in [-0.4, -0.2) is 68.6 Å². The summed E-state index contributed by atoms with van der Waals surface area (Å²) in [5.74, 6) is 1.24. The van der Waals surface area contributed by atoms with Crippen molar-refractivity contribution in [1.82, 2.24) is 14.5 Å². The second kappa shape index (κ2) is 7.78. The number of aliphatic hydroxyl groups is 1. The van der Waals surface area contributed by atoms with Crippen LogP contribution in [0.1, 0.15) is 24.0 Å². The van der Waals surface area contributed by atoms with Crippen LogP contribution < -0.4 is 4.90 Å². The molecule has 0 bridgehead atoms. The SMILES string of the molecule is Oc1c2c(c(O)n1CC(O)CN1CCN(c3ccccn3)CC1)CCCC2. The van der Waals surface area contributed by atoms with Gasteiger partial charge >= 0.3 is 0 Å². The zero-order valence-electron chi connectivity index (χ0n) is 15.6. The van der Waals surface area contributed by atoms with Gasteiger partial charge in [-0.05, 0) is 37.8 Å². The van der Waals surface area contributed by atoms with Gasteiger partial charge in [0.2, 0.25) is 0 Å². The summed E-state index contributed by atoms with van der Waals surface area (Å²) in [6.45, 7) is 4.19. The van der Waals surface area contributed by atoms with Crippen molar-refractivity contribution in [3.8, 4) is 11.8 Å². The first-order valence-electron chi connectivity index (χ1n) is 9.82. The topological polar surface area (TPSA) is 85.0 Å². The number of aromatic nitrogens is 2. The van der Waals surface area contributed by atoms with E-state index in [1.165, 1.54) is 4.57 Å². The van der Waals surface area contributed by atoms with Crippen LogP contribution in [0.4, 0.5) is 5.82 Å². The molecule has 1 unspecified atom stereocenters. The van der Waals surface area contributed by atoms with Crippen molar-refractivity contribution >= 4 is 5.82 Å². The third kappa shape index (κ3) is 3.75. The summed E-state index contributed by atoms with van der Waals surface area (Å²) >= 11 is 0. The standard InChI is InChI=1S/C20H28N4O3/c25-15(14-24-19(26)16-5-1-2-6-17(16)20(24)27)13-22-9-11-23(12-10-22)18-7-3-4-8-21-18/h3-4,7-8,15,25-27H,1-2,5-6,9-14H2. The van der Waals surface area contributed by atoms with E-state index in [1.807, 2.05) is 18.2 Å². The summed E-state index contributed by atoms with van der Waals surface area (Å²) in [4.78, 5) is 8.87. The Morgan fingerprint density at radius 3 is 2.19 bits per heavy atom. The molecule has 3 N–H and O–H groups in total. The molecule has 0 spiro atoms. The van der Waals surface area contributed by atoms with Crippen molar-refractivity contribution in [1.29, 1.82) is 0 Å². The Balaban J connectivity index is 1.33. The second-order valence-electron chi connectivity index (χ2n) is 7.55. The summed E-state index contributed by atoms with van der Waals surface area (Å²) in [5, 5.41) is 31.4. The van der Waals surface area contributed by atoms with Gasteiger partial charge in [-0.1, -0.05) is 6.07 Å². The molecule has 1 atom stereocenters. The molecule has 3 heterocycles. The minimum Gasteiger partial charge on any atom is -0.494 e. The highest BCUT2D eigenvalue weighted by molar-refractivity contribution is 5.46. The highest BCUT2D eigenvalue weighted by atomic mass is 16.3. The van der Waals surface area contributed by atoms with Gasteiger partial charge in [-0.3, -0.25) is 9.47 Å². The maximum atomic E-state index is 10.5. The third-order valence-electron chi connectivity index (χ3n) is 5.73. The van der Waals surface area contributed by atoms with E-state index < -0.39 is 6.10 Å². The van der Waals surface area contributed by atoms with E-state index in [1.54, 1.807) is 6.20 Å². The number of fused-ring (bicyclic) bond motifs is 1. The molecule has 1 aliphatic heterocycles. The number of hydrogen-bond acceptors (Lipinski definition) is 6. The van der Waals surface area contributed by atoms with Gasteiger partial charge < -0.3 is 20.2 Å². The third-order valence-corrected chi connectivity index (χ3v) is 5.73. The predicted molar refractivity (Wildman–Crippen MR) is 103 cm³/mol. The number of aliphatic hydroxyl groups excluding tert-OH is 1. The lowest BCUT2D eigenvalue weighted by Crippen LogP contribution is -2.49. The number of nitrogens with zero attached hydrogens (tertiary/aromatic N) is 4. The molecule has 0 amide bonds. The average Bonchev–Trinajstić information content (AvgIpc) is 2.94. The molecule has 2 aromatic rings. The zero-order chi connectivity index (χ0) is 18.8. The fourth-order valence-corrected chi connectivity index (χ4v) is 4.26. The zero-order valence-corrected chi connectivity index (χ0v) is 15.6. The molecular formula is C20H28N4O3. The van der Waals surface area contributed by atoms with E-state index in [0.29, 0.717) is 6.54 Å². The first kappa shape index (κ1) is 18.1. The monoisotopic (exact) mass is 372 g/mol. The molecule has 0 saturated carbocycles. The lowest BCUT2D eigenvalue weighted by molar-refractivity contribution is 0.0907. The normalized spacial score (nSPS) is 19.1. The smallest absolute Gasteiger partial charge is 0.197 e. The van der Waals surface area contributed by atoms with Gasteiger partial charge in [-0.2, -0.15) is 0 Å². The minimum atomic E-state index is -0.642. The van der Waals surface area contributed by atoms with E-state index in [9.17, 15) is 15.3 Å². The van der Waals surface area contributed by atoms with E-state index >= 15 is 0 Å². The van der Waals surface area contributed by atoms with Gasteiger partial charge in [0.05, 0.1) is 12.6 Å². The maximum Gasteiger partial charge on any atom is 0.197 e. The van der Waals surface area contributed by atoms with Crippen molar-refractivity contribution in [2.45, 2.75) is 38.3 Å². The van der Waals surface area contributed by atoms with Crippen LogP contribution in [0.5, 0.6) is 11.8 Å². The van der Waals surface area contributed by atoms with Crippen LogP contribution in [0.15, 0.2) is 24.4 Å². The van der Waals surface area contributed by atoms with Crippen LogP contribution in [0, 0.1) is 0 Å². The van der Waals surface area contributed by atoms with Crippen LogP contribution in [-0.2, 0) is 19.4 Å². The first-order valence-corrected chi connectivity index (χ1v) is 9.82. The molecule has 1 fully saturated rings. The van der Waals surface area contributed by atoms with Gasteiger partial charge in [0.1, 0.15) is 5.82 Å². The number of pyridine rings is 1. The largest absolute Gasteiger partial charge is 0.494 e. The summed E-state index contributed by atoms with van der Waals surface area (Å²) in [6, 6.07) is 5.93. The minimum absolute atomic E-state index is 0.126. The molecule has 7 heteroatoms. The van der Waals surface area contributed by atoms with Crippen molar-refractivity contribution in [2.24, 2.45) is 0 Å². The molecule has 2 aromatic heterocycles. The molecule has 1 aliphatic carbocycles. The highest BCUT2D eigenvalue weighted by Crippen LogP contribution is 2.38. The number of rotatable bonds is 5. The highest BCUT2D eigenvalue weighted by Gasteiger charge is 2.26. The molecule has 7 nitrogen and oxygen atoms in total. The Morgan fingerprint density at radius 2 is 1.59 bits per heavy atom. The van der Waals surface area contributed by atoms with Crippen LogP contribution in [0.25, 0.3) is 0 Å². The fraction of sp³-hybridized carbons (Fsp3) is 0.550. The first-order chi connectivity index (χ1) is 13.1. The molecule has 2 aliphatic rings. The van der Waals surface area contributed by atoms with Crippen LogP contribution in [0.3, 0.4) is 0 Å². The van der Waals surface area contributed by atoms with Crippen molar-refractivity contribution in [2.75, 3.05) is 37.6 Å². The fourth-order valence-electron chi connectivity index (χ4n) is 4.26. The summed E-state index contributed by atoms with van der Waals surface area (Å²) in [5.41, 5.74) is 1.71. The van der Waals surface area contributed by atoms with Gasteiger partial charge in [0.25, 0.3) is 0 Å². The number of aromatic hydroxyl groups is 2. The van der Waals surface area contributed by atoms with Crippen molar-refractivity contribution < 1.29 is 15.3 Å². The number of piperazine rings is 1. The lowest BCUT2D eigenvalue weighted by Gasteiger charge is -2.36. The Bertz CT molecular complexity index is 740. The lowest BCUT2D eigenvalue weighted by atomic mass is 9.95. The van der Waals surface area contributed by atoms with Gasteiger partial charge in [0, 0.05) is 50.0 Å². The van der Waals surface area contributed by atoms with Crippen molar-refractivity contribution in [3.63, 3.8) is 0 Å².